The minimum Gasteiger partial charge on any atom is -0.458 e. The number of esters is 1. The van der Waals surface area contributed by atoms with Crippen molar-refractivity contribution in [2.75, 3.05) is 33.5 Å². The third-order valence-electron chi connectivity index (χ3n) is 2.10. The zero-order valence-electron chi connectivity index (χ0n) is 10.5. The minimum atomic E-state index is -0.618. The van der Waals surface area contributed by atoms with E-state index in [1.165, 1.54) is 12.1 Å². The molecule has 0 fully saturated rings. The number of ether oxygens (including phenoxy) is 3. The van der Waals surface area contributed by atoms with Crippen LogP contribution in [0.5, 0.6) is 0 Å². The Kier molecular flexibility index (Phi) is 7.74. The van der Waals surface area contributed by atoms with Gasteiger partial charge in [0.05, 0.1) is 11.6 Å². The Balaban J connectivity index is 2.26. The van der Waals surface area contributed by atoms with E-state index in [4.69, 9.17) is 37.4 Å². The van der Waals surface area contributed by atoms with Crippen molar-refractivity contribution in [3.05, 3.63) is 28.0 Å². The average molecular weight is 308 g/mol. The first kappa shape index (κ1) is 16.2. The second kappa shape index (κ2) is 9.09. The number of carbonyl (C=O) groups is 1. The highest BCUT2D eigenvalue weighted by Crippen LogP contribution is 2.17. The van der Waals surface area contributed by atoms with Crippen LogP contribution in [0.1, 0.15) is 16.9 Å². The first-order chi connectivity index (χ1) is 9.15. The number of methoxy groups -OCH3 is 1. The van der Waals surface area contributed by atoms with Gasteiger partial charge in [-0.05, 0) is 18.6 Å². The maximum absolute atomic E-state index is 11.6. The summed E-state index contributed by atoms with van der Waals surface area (Å²) in [6.45, 7) is 1.65. The molecule has 5 nitrogen and oxygen atoms in total. The van der Waals surface area contributed by atoms with Gasteiger partial charge in [-0.1, -0.05) is 23.2 Å². The van der Waals surface area contributed by atoms with Gasteiger partial charge in [0.25, 0.3) is 0 Å². The molecule has 1 aromatic heterocycles. The van der Waals surface area contributed by atoms with Crippen molar-refractivity contribution < 1.29 is 19.0 Å². The molecule has 0 aliphatic heterocycles. The topological polar surface area (TPSA) is 57.7 Å². The zero-order chi connectivity index (χ0) is 14.1. The summed E-state index contributed by atoms with van der Waals surface area (Å²) < 4.78 is 15.1. The monoisotopic (exact) mass is 307 g/mol. The summed E-state index contributed by atoms with van der Waals surface area (Å²) in [4.78, 5) is 15.5. The zero-order valence-corrected chi connectivity index (χ0v) is 12.0. The van der Waals surface area contributed by atoms with Crippen LogP contribution in [0.3, 0.4) is 0 Å². The van der Waals surface area contributed by atoms with Gasteiger partial charge in [-0.3, -0.25) is 0 Å². The van der Waals surface area contributed by atoms with Gasteiger partial charge in [-0.2, -0.15) is 0 Å². The molecule has 0 N–H and O–H groups in total. The number of carbonyl (C=O) groups excluding carboxylic acids is 1. The lowest BCUT2D eigenvalue weighted by Gasteiger charge is -2.06. The summed E-state index contributed by atoms with van der Waals surface area (Å²) in [5.41, 5.74) is 0.00792. The molecule has 7 heteroatoms. The summed E-state index contributed by atoms with van der Waals surface area (Å²) in [7, 11) is 1.63. The van der Waals surface area contributed by atoms with Crippen LogP contribution in [-0.2, 0) is 14.2 Å². The van der Waals surface area contributed by atoms with E-state index in [-0.39, 0.29) is 22.5 Å². The molecule has 1 rings (SSSR count). The van der Waals surface area contributed by atoms with Gasteiger partial charge in [-0.15, -0.1) is 0 Å². The fraction of sp³-hybridized carbons (Fsp3) is 0.500. The second-order valence-corrected chi connectivity index (χ2v) is 4.35. The fourth-order valence-electron chi connectivity index (χ4n) is 1.23. The van der Waals surface area contributed by atoms with Crippen LogP contribution >= 0.6 is 23.2 Å². The van der Waals surface area contributed by atoms with Crippen molar-refractivity contribution in [2.24, 2.45) is 0 Å². The highest BCUT2D eigenvalue weighted by Gasteiger charge is 2.14. The summed E-state index contributed by atoms with van der Waals surface area (Å²) >= 11 is 11.5. The molecule has 0 aromatic carbocycles. The van der Waals surface area contributed by atoms with Crippen LogP contribution in [-0.4, -0.2) is 44.5 Å². The van der Waals surface area contributed by atoms with E-state index in [0.29, 0.717) is 19.8 Å². The molecule has 19 heavy (non-hydrogen) atoms. The summed E-state index contributed by atoms with van der Waals surface area (Å²) in [6, 6.07) is 2.99. The van der Waals surface area contributed by atoms with Crippen LogP contribution in [0.25, 0.3) is 0 Å². The van der Waals surface area contributed by atoms with E-state index in [9.17, 15) is 4.79 Å². The van der Waals surface area contributed by atoms with Gasteiger partial charge in [0.15, 0.2) is 5.69 Å². The maximum Gasteiger partial charge on any atom is 0.358 e. The third kappa shape index (κ3) is 6.20. The highest BCUT2D eigenvalue weighted by atomic mass is 35.5. The quantitative estimate of drug-likeness (QED) is 0.420. The maximum atomic E-state index is 11.6. The van der Waals surface area contributed by atoms with Gasteiger partial charge in [-0.25, -0.2) is 9.78 Å². The SMILES string of the molecule is COCCCOCCOC(=O)c1nc(Cl)ccc1Cl. The van der Waals surface area contributed by atoms with Crippen molar-refractivity contribution in [3.63, 3.8) is 0 Å². The molecule has 0 bridgehead atoms. The number of hydrogen-bond donors (Lipinski definition) is 0. The van der Waals surface area contributed by atoms with Crippen LogP contribution in [0.2, 0.25) is 10.2 Å². The van der Waals surface area contributed by atoms with Crippen molar-refractivity contribution in [2.45, 2.75) is 6.42 Å². The molecule has 0 aliphatic rings. The first-order valence-electron chi connectivity index (χ1n) is 5.71. The molecule has 1 heterocycles. The summed E-state index contributed by atoms with van der Waals surface area (Å²) in [6.07, 6.45) is 0.798. The number of halogens is 2. The standard InChI is InChI=1S/C12H15Cl2NO4/c1-17-5-2-6-18-7-8-19-12(16)11-9(13)3-4-10(14)15-11/h3-4H,2,5-8H2,1H3. The van der Waals surface area contributed by atoms with Crippen molar-refractivity contribution in [1.29, 1.82) is 0 Å². The Morgan fingerprint density at radius 1 is 1.21 bits per heavy atom. The van der Waals surface area contributed by atoms with Crippen molar-refractivity contribution >= 4 is 29.2 Å². The van der Waals surface area contributed by atoms with Crippen molar-refractivity contribution in [3.8, 4) is 0 Å². The molecule has 0 atom stereocenters. The lowest BCUT2D eigenvalue weighted by atomic mass is 10.3. The van der Waals surface area contributed by atoms with E-state index in [2.05, 4.69) is 4.98 Å². The Hall–Kier alpha value is -0.880. The van der Waals surface area contributed by atoms with E-state index < -0.39 is 5.97 Å². The lowest BCUT2D eigenvalue weighted by Crippen LogP contribution is -2.13. The molecule has 0 spiro atoms. The molecule has 0 amide bonds. The molecular formula is C12H15Cl2NO4. The predicted octanol–water partition coefficient (Wildman–Crippen LogP) is 2.60. The summed E-state index contributed by atoms with van der Waals surface area (Å²) in [5, 5.41) is 0.391. The van der Waals surface area contributed by atoms with Gasteiger partial charge < -0.3 is 14.2 Å². The normalized spacial score (nSPS) is 10.5. The molecule has 0 unspecified atom stereocenters. The third-order valence-corrected chi connectivity index (χ3v) is 2.62. The predicted molar refractivity (Wildman–Crippen MR) is 71.9 cm³/mol. The molecular weight excluding hydrogens is 293 g/mol. The summed E-state index contributed by atoms with van der Waals surface area (Å²) in [5.74, 6) is -0.618. The van der Waals surface area contributed by atoms with E-state index in [1.807, 2.05) is 0 Å². The smallest absolute Gasteiger partial charge is 0.358 e. The average Bonchev–Trinajstić information content (AvgIpc) is 2.40. The largest absolute Gasteiger partial charge is 0.458 e. The molecule has 0 radical (unpaired) electrons. The fourth-order valence-corrected chi connectivity index (χ4v) is 1.56. The Bertz CT molecular complexity index is 415. The van der Waals surface area contributed by atoms with E-state index in [1.54, 1.807) is 7.11 Å². The lowest BCUT2D eigenvalue weighted by molar-refractivity contribution is 0.0283. The number of pyridine rings is 1. The molecule has 106 valence electrons. The Morgan fingerprint density at radius 2 is 2.00 bits per heavy atom. The Labute approximate surface area is 121 Å². The Morgan fingerprint density at radius 3 is 2.74 bits per heavy atom. The molecule has 0 saturated carbocycles. The number of hydrogen-bond acceptors (Lipinski definition) is 5. The number of rotatable bonds is 8. The molecule has 1 aromatic rings. The van der Waals surface area contributed by atoms with E-state index >= 15 is 0 Å². The highest BCUT2D eigenvalue weighted by molar-refractivity contribution is 6.34. The van der Waals surface area contributed by atoms with Gasteiger partial charge in [0.1, 0.15) is 11.8 Å². The van der Waals surface area contributed by atoms with Gasteiger partial charge in [0, 0.05) is 20.3 Å². The molecule has 0 aliphatic carbocycles. The van der Waals surface area contributed by atoms with Crippen LogP contribution in [0, 0.1) is 0 Å². The van der Waals surface area contributed by atoms with Crippen molar-refractivity contribution in [1.82, 2.24) is 4.98 Å². The van der Waals surface area contributed by atoms with Crippen LogP contribution in [0.4, 0.5) is 0 Å². The minimum absolute atomic E-state index is 0.00792. The van der Waals surface area contributed by atoms with Gasteiger partial charge >= 0.3 is 5.97 Å². The number of aromatic nitrogens is 1. The van der Waals surface area contributed by atoms with Gasteiger partial charge in [0.2, 0.25) is 0 Å². The second-order valence-electron chi connectivity index (χ2n) is 3.56. The van der Waals surface area contributed by atoms with Crippen LogP contribution in [0.15, 0.2) is 12.1 Å². The molecule has 0 saturated heterocycles. The van der Waals surface area contributed by atoms with Crippen LogP contribution < -0.4 is 0 Å². The first-order valence-corrected chi connectivity index (χ1v) is 6.46. The van der Waals surface area contributed by atoms with E-state index in [0.717, 1.165) is 6.42 Å². The number of nitrogens with zero attached hydrogens (tertiary/aromatic N) is 1.